The summed E-state index contributed by atoms with van der Waals surface area (Å²) in [7, 11) is 0. The van der Waals surface area contributed by atoms with Crippen LogP contribution >= 0.6 is 15.9 Å². The summed E-state index contributed by atoms with van der Waals surface area (Å²) in [6.07, 6.45) is 1.78. The van der Waals surface area contributed by atoms with Gasteiger partial charge in [0, 0.05) is 16.6 Å². The minimum Gasteiger partial charge on any atom is -0.383 e. The Morgan fingerprint density at radius 3 is 2.75 bits per heavy atom. The van der Waals surface area contributed by atoms with Gasteiger partial charge in [-0.25, -0.2) is 4.98 Å². The zero-order valence-electron chi connectivity index (χ0n) is 9.37. The Morgan fingerprint density at radius 2 is 2.19 bits per heavy atom. The van der Waals surface area contributed by atoms with Gasteiger partial charge in [-0.2, -0.15) is 0 Å². The SMILES string of the molecule is CCn1cnc(-c2ccc(Br)c(C)c2)c1N. The Hall–Kier alpha value is -1.29. The van der Waals surface area contributed by atoms with Gasteiger partial charge in [-0.1, -0.05) is 22.0 Å². The van der Waals surface area contributed by atoms with Crippen LogP contribution in [0.1, 0.15) is 12.5 Å². The molecule has 1 heterocycles. The van der Waals surface area contributed by atoms with Crippen LogP contribution in [0.3, 0.4) is 0 Å². The van der Waals surface area contributed by atoms with E-state index in [0.717, 1.165) is 28.1 Å². The van der Waals surface area contributed by atoms with Crippen LogP contribution < -0.4 is 5.73 Å². The molecule has 0 saturated heterocycles. The number of hydrogen-bond donors (Lipinski definition) is 1. The molecule has 16 heavy (non-hydrogen) atoms. The van der Waals surface area contributed by atoms with Gasteiger partial charge in [0.15, 0.2) is 0 Å². The van der Waals surface area contributed by atoms with Gasteiger partial charge in [0.2, 0.25) is 0 Å². The van der Waals surface area contributed by atoms with Gasteiger partial charge in [0.25, 0.3) is 0 Å². The molecule has 0 unspecified atom stereocenters. The first-order valence-corrected chi connectivity index (χ1v) is 6.00. The minimum absolute atomic E-state index is 0.726. The normalized spacial score (nSPS) is 10.7. The largest absolute Gasteiger partial charge is 0.383 e. The highest BCUT2D eigenvalue weighted by Crippen LogP contribution is 2.27. The monoisotopic (exact) mass is 279 g/mol. The molecule has 1 aromatic carbocycles. The average Bonchev–Trinajstić information content (AvgIpc) is 2.64. The van der Waals surface area contributed by atoms with E-state index in [2.05, 4.69) is 40.8 Å². The molecular formula is C12H14BrN3. The van der Waals surface area contributed by atoms with Crippen LogP contribution in [0, 0.1) is 6.92 Å². The zero-order chi connectivity index (χ0) is 11.7. The zero-order valence-corrected chi connectivity index (χ0v) is 11.0. The van der Waals surface area contributed by atoms with E-state index < -0.39 is 0 Å². The lowest BCUT2D eigenvalue weighted by atomic mass is 10.1. The molecule has 1 aromatic heterocycles. The first-order chi connectivity index (χ1) is 7.63. The molecule has 2 aromatic rings. The molecule has 4 heteroatoms. The predicted molar refractivity (Wildman–Crippen MR) is 70.2 cm³/mol. The van der Waals surface area contributed by atoms with Crippen molar-refractivity contribution < 1.29 is 0 Å². The number of aromatic nitrogens is 2. The average molecular weight is 280 g/mol. The summed E-state index contributed by atoms with van der Waals surface area (Å²) in [5.41, 5.74) is 9.13. The molecule has 0 aliphatic carbocycles. The van der Waals surface area contributed by atoms with Crippen molar-refractivity contribution in [3.05, 3.63) is 34.6 Å². The number of benzene rings is 1. The molecule has 2 rings (SSSR count). The smallest absolute Gasteiger partial charge is 0.131 e. The van der Waals surface area contributed by atoms with E-state index in [9.17, 15) is 0 Å². The number of nitrogens with zero attached hydrogens (tertiary/aromatic N) is 2. The summed E-state index contributed by atoms with van der Waals surface area (Å²) in [6, 6.07) is 6.13. The molecule has 84 valence electrons. The van der Waals surface area contributed by atoms with Crippen LogP contribution in [0.25, 0.3) is 11.3 Å². The van der Waals surface area contributed by atoms with Gasteiger partial charge in [-0.3, -0.25) is 0 Å². The molecule has 0 amide bonds. The van der Waals surface area contributed by atoms with Crippen molar-refractivity contribution in [2.24, 2.45) is 0 Å². The molecule has 0 aliphatic rings. The van der Waals surface area contributed by atoms with Gasteiger partial charge < -0.3 is 10.3 Å². The van der Waals surface area contributed by atoms with E-state index >= 15 is 0 Å². The molecule has 0 radical (unpaired) electrons. The summed E-state index contributed by atoms with van der Waals surface area (Å²) in [5.74, 6) is 0.726. The number of anilines is 1. The Balaban J connectivity index is 2.50. The summed E-state index contributed by atoms with van der Waals surface area (Å²) in [4.78, 5) is 4.35. The number of rotatable bonds is 2. The van der Waals surface area contributed by atoms with Crippen molar-refractivity contribution in [2.45, 2.75) is 20.4 Å². The van der Waals surface area contributed by atoms with Crippen molar-refractivity contribution in [1.29, 1.82) is 0 Å². The second kappa shape index (κ2) is 4.29. The molecular weight excluding hydrogens is 266 g/mol. The lowest BCUT2D eigenvalue weighted by Crippen LogP contribution is -1.99. The van der Waals surface area contributed by atoms with Gasteiger partial charge in [0.1, 0.15) is 11.5 Å². The van der Waals surface area contributed by atoms with Crippen molar-refractivity contribution in [3.63, 3.8) is 0 Å². The van der Waals surface area contributed by atoms with Crippen molar-refractivity contribution in [2.75, 3.05) is 5.73 Å². The predicted octanol–water partition coefficient (Wildman–Crippen LogP) is 3.22. The number of aryl methyl sites for hydroxylation is 2. The lowest BCUT2D eigenvalue weighted by Gasteiger charge is -2.04. The van der Waals surface area contributed by atoms with Crippen molar-refractivity contribution >= 4 is 21.7 Å². The number of hydrogen-bond acceptors (Lipinski definition) is 2. The molecule has 3 nitrogen and oxygen atoms in total. The third kappa shape index (κ3) is 1.85. The molecule has 0 atom stereocenters. The standard InChI is InChI=1S/C12H14BrN3/c1-3-16-7-15-11(12(16)14)9-4-5-10(13)8(2)6-9/h4-7H,3,14H2,1-2H3. The maximum atomic E-state index is 6.02. The van der Waals surface area contributed by atoms with Crippen molar-refractivity contribution in [3.8, 4) is 11.3 Å². The Bertz CT molecular complexity index is 517. The van der Waals surface area contributed by atoms with Crippen LogP contribution in [-0.2, 0) is 6.54 Å². The second-order valence-electron chi connectivity index (χ2n) is 3.73. The Labute approximate surface area is 103 Å². The van der Waals surface area contributed by atoms with Crippen molar-refractivity contribution in [1.82, 2.24) is 9.55 Å². The summed E-state index contributed by atoms with van der Waals surface area (Å²) in [5, 5.41) is 0. The summed E-state index contributed by atoms with van der Waals surface area (Å²) < 4.78 is 3.04. The van der Waals surface area contributed by atoms with Crippen LogP contribution in [-0.4, -0.2) is 9.55 Å². The number of nitrogen functional groups attached to an aromatic ring is 1. The van der Waals surface area contributed by atoms with E-state index in [-0.39, 0.29) is 0 Å². The van der Waals surface area contributed by atoms with E-state index in [0.29, 0.717) is 0 Å². The number of nitrogens with two attached hydrogens (primary N) is 1. The fourth-order valence-corrected chi connectivity index (χ4v) is 1.90. The Morgan fingerprint density at radius 1 is 1.44 bits per heavy atom. The maximum Gasteiger partial charge on any atom is 0.131 e. The van der Waals surface area contributed by atoms with Crippen LogP contribution in [0.2, 0.25) is 0 Å². The molecule has 0 saturated carbocycles. The quantitative estimate of drug-likeness (QED) is 0.917. The summed E-state index contributed by atoms with van der Waals surface area (Å²) in [6.45, 7) is 4.95. The minimum atomic E-state index is 0.726. The number of imidazole rings is 1. The lowest BCUT2D eigenvalue weighted by molar-refractivity contribution is 0.771. The molecule has 0 aliphatic heterocycles. The maximum absolute atomic E-state index is 6.02. The second-order valence-corrected chi connectivity index (χ2v) is 4.58. The highest BCUT2D eigenvalue weighted by molar-refractivity contribution is 9.10. The highest BCUT2D eigenvalue weighted by Gasteiger charge is 2.09. The molecule has 0 spiro atoms. The third-order valence-electron chi connectivity index (χ3n) is 2.65. The highest BCUT2D eigenvalue weighted by atomic mass is 79.9. The van der Waals surface area contributed by atoms with E-state index in [1.54, 1.807) is 6.33 Å². The third-order valence-corrected chi connectivity index (χ3v) is 3.54. The van der Waals surface area contributed by atoms with E-state index in [1.165, 1.54) is 5.56 Å². The molecule has 2 N–H and O–H groups in total. The summed E-state index contributed by atoms with van der Waals surface area (Å²) >= 11 is 3.48. The molecule has 0 fully saturated rings. The van der Waals surface area contributed by atoms with E-state index in [1.807, 2.05) is 16.7 Å². The topological polar surface area (TPSA) is 43.8 Å². The van der Waals surface area contributed by atoms with Gasteiger partial charge in [-0.15, -0.1) is 0 Å². The van der Waals surface area contributed by atoms with Gasteiger partial charge in [0.05, 0.1) is 6.33 Å². The van der Waals surface area contributed by atoms with E-state index in [4.69, 9.17) is 5.73 Å². The van der Waals surface area contributed by atoms with Crippen LogP contribution in [0.5, 0.6) is 0 Å². The first kappa shape index (κ1) is 11.2. The first-order valence-electron chi connectivity index (χ1n) is 5.20. The molecule has 0 bridgehead atoms. The fourth-order valence-electron chi connectivity index (χ4n) is 1.66. The fraction of sp³-hybridized carbons (Fsp3) is 0.250. The number of halogens is 1. The van der Waals surface area contributed by atoms with Crippen LogP contribution in [0.4, 0.5) is 5.82 Å². The Kier molecular flexibility index (Phi) is 3.01. The van der Waals surface area contributed by atoms with Crippen LogP contribution in [0.15, 0.2) is 29.0 Å². The van der Waals surface area contributed by atoms with Gasteiger partial charge in [-0.05, 0) is 31.5 Å². The van der Waals surface area contributed by atoms with Gasteiger partial charge >= 0.3 is 0 Å².